The van der Waals surface area contributed by atoms with E-state index in [0.717, 1.165) is 11.1 Å². The molecule has 2 spiro atoms. The number of benzene rings is 2. The van der Waals surface area contributed by atoms with Crippen molar-refractivity contribution >= 4 is 42.1 Å². The van der Waals surface area contributed by atoms with E-state index in [2.05, 4.69) is 20.2 Å². The van der Waals surface area contributed by atoms with Gasteiger partial charge in [-0.1, -0.05) is 51.3 Å². The van der Waals surface area contributed by atoms with Gasteiger partial charge in [-0.05, 0) is 62.1 Å². The quantitative estimate of drug-likeness (QED) is 0.152. The molecular formula is C52H59FN8O9S2. The second kappa shape index (κ2) is 19.0. The number of aryl methyl sites for hydroxylation is 2. The largest absolute Gasteiger partial charge is 0.385 e. The van der Waals surface area contributed by atoms with Crippen molar-refractivity contribution in [1.29, 1.82) is 0 Å². The molecule has 4 fully saturated rings. The van der Waals surface area contributed by atoms with E-state index < -0.39 is 42.9 Å². The van der Waals surface area contributed by atoms with Crippen molar-refractivity contribution in [2.75, 3.05) is 26.4 Å². The van der Waals surface area contributed by atoms with Crippen molar-refractivity contribution in [3.05, 3.63) is 133 Å². The highest BCUT2D eigenvalue weighted by molar-refractivity contribution is 7.90. The Balaban J connectivity index is 0.000000173. The Kier molecular flexibility index (Phi) is 13.4. The lowest BCUT2D eigenvalue weighted by atomic mass is 9.77. The molecule has 2 aliphatic carbocycles. The average Bonchev–Trinajstić information content (AvgIpc) is 4.26. The number of halogens is 1. The van der Waals surface area contributed by atoms with Gasteiger partial charge in [-0.3, -0.25) is 9.36 Å². The minimum absolute atomic E-state index is 0. The summed E-state index contributed by atoms with van der Waals surface area (Å²) in [6, 6.07) is 20.1. The number of hydrogen-bond donors (Lipinski definition) is 1. The van der Waals surface area contributed by atoms with Crippen LogP contribution in [0.25, 0.3) is 44.3 Å². The third-order valence-corrected chi connectivity index (χ3v) is 17.5. The van der Waals surface area contributed by atoms with Crippen molar-refractivity contribution in [1.82, 2.24) is 37.5 Å². The summed E-state index contributed by atoms with van der Waals surface area (Å²) in [6.07, 6.45) is 16.6. The number of hydrogen-bond acceptors (Lipinski definition) is 13. The highest BCUT2D eigenvalue weighted by Gasteiger charge is 2.49. The second-order valence-electron chi connectivity index (χ2n) is 18.5. The fourth-order valence-electron chi connectivity index (χ4n) is 10.2. The minimum atomic E-state index is -3.91. The van der Waals surface area contributed by atoms with Crippen molar-refractivity contribution in [3.63, 3.8) is 0 Å². The molecule has 0 unspecified atom stereocenters. The number of aromatic nitrogens is 8. The Morgan fingerprint density at radius 1 is 0.542 bits per heavy atom. The highest BCUT2D eigenvalue weighted by atomic mass is 32.2. The maximum absolute atomic E-state index is 16.2. The topological polar surface area (TPSA) is 197 Å². The smallest absolute Gasteiger partial charge is 0.269 e. The molecule has 8 aromatic rings. The average molecular weight is 1020 g/mol. The maximum atomic E-state index is 16.2. The summed E-state index contributed by atoms with van der Waals surface area (Å²) >= 11 is 0. The number of rotatable bonds is 8. The molecule has 8 heterocycles. The molecular weight excluding hydrogens is 964 g/mol. The lowest BCUT2D eigenvalue weighted by molar-refractivity contribution is -0.204. The monoisotopic (exact) mass is 1020 g/mol. The molecule has 0 atom stereocenters. The third-order valence-electron chi connectivity index (χ3n) is 14.2. The van der Waals surface area contributed by atoms with E-state index in [4.69, 9.17) is 18.9 Å². The first kappa shape index (κ1) is 50.8. The Labute approximate surface area is 418 Å². The number of aliphatic hydroxyl groups is 1. The summed E-state index contributed by atoms with van der Waals surface area (Å²) in [5.41, 5.74) is 1.71. The number of pyridine rings is 2. The zero-order valence-electron chi connectivity index (χ0n) is 38.5. The van der Waals surface area contributed by atoms with Gasteiger partial charge >= 0.3 is 0 Å². The summed E-state index contributed by atoms with van der Waals surface area (Å²) in [6.45, 7) is 2.21. The third kappa shape index (κ3) is 8.96. The van der Waals surface area contributed by atoms with Crippen LogP contribution in [0.4, 0.5) is 4.39 Å². The van der Waals surface area contributed by atoms with Gasteiger partial charge in [-0.15, -0.1) is 0 Å². The van der Waals surface area contributed by atoms with Gasteiger partial charge in [0.15, 0.2) is 22.9 Å². The van der Waals surface area contributed by atoms with Gasteiger partial charge in [0.25, 0.3) is 20.0 Å². The first-order valence-corrected chi connectivity index (χ1v) is 26.1. The van der Waals surface area contributed by atoms with E-state index in [1.54, 1.807) is 127 Å². The molecule has 0 bridgehead atoms. The van der Waals surface area contributed by atoms with Crippen LogP contribution < -0.4 is 0 Å². The number of alkyl halides is 1. The first-order valence-electron chi connectivity index (χ1n) is 23.2. The van der Waals surface area contributed by atoms with E-state index in [-0.39, 0.29) is 43.1 Å². The Morgan fingerprint density at radius 2 is 0.931 bits per heavy atom. The van der Waals surface area contributed by atoms with E-state index in [9.17, 15) is 21.9 Å². The Morgan fingerprint density at radius 3 is 1.33 bits per heavy atom. The van der Waals surface area contributed by atoms with Gasteiger partial charge in [0, 0.05) is 121 Å². The van der Waals surface area contributed by atoms with Crippen LogP contribution in [0.3, 0.4) is 0 Å². The molecule has 17 nitrogen and oxygen atoms in total. The molecule has 4 aliphatic rings. The molecule has 6 aromatic heterocycles. The van der Waals surface area contributed by atoms with E-state index in [1.807, 2.05) is 12.3 Å². The fourth-order valence-corrected chi connectivity index (χ4v) is 12.9. The van der Waals surface area contributed by atoms with Gasteiger partial charge in [0.05, 0.1) is 54.2 Å². The van der Waals surface area contributed by atoms with Gasteiger partial charge in [0.1, 0.15) is 5.67 Å². The molecule has 0 amide bonds. The molecule has 380 valence electrons. The fraction of sp³-hybridized carbons (Fsp3) is 0.385. The van der Waals surface area contributed by atoms with Gasteiger partial charge < -0.3 is 24.1 Å². The van der Waals surface area contributed by atoms with Crippen LogP contribution in [-0.4, -0.2) is 97.4 Å². The summed E-state index contributed by atoms with van der Waals surface area (Å²) in [5, 5.41) is 21.2. The SMILES string of the molecule is C.C.Cn1cc(-c2cn(S(=O)(=O)c3ccccc3)c3ncc(C4(F)CCC5(CC4)OCCO5)cc23)cn1.Cn1cc(-c2cn(S(=O)(=O)c3ccccc3)c3ncc(C4(O)CCC5(CC4)OCCO5)cc23)cn1. The molecule has 2 aromatic carbocycles. The van der Waals surface area contributed by atoms with Gasteiger partial charge in [0.2, 0.25) is 0 Å². The predicted molar refractivity (Wildman–Crippen MR) is 268 cm³/mol. The van der Waals surface area contributed by atoms with Crippen LogP contribution in [0, 0.1) is 0 Å². The van der Waals surface area contributed by atoms with Crippen LogP contribution in [0.5, 0.6) is 0 Å². The summed E-state index contributed by atoms with van der Waals surface area (Å²) in [7, 11) is -4.20. The lowest BCUT2D eigenvalue weighted by Crippen LogP contribution is -2.42. The summed E-state index contributed by atoms with van der Waals surface area (Å²) < 4.78 is 99.1. The first-order chi connectivity index (χ1) is 33.6. The zero-order valence-corrected chi connectivity index (χ0v) is 40.2. The van der Waals surface area contributed by atoms with Crippen LogP contribution in [-0.2, 0) is 64.4 Å². The molecule has 12 rings (SSSR count). The lowest BCUT2D eigenvalue weighted by Gasteiger charge is -2.40. The van der Waals surface area contributed by atoms with Crippen molar-refractivity contribution in [2.24, 2.45) is 14.1 Å². The van der Waals surface area contributed by atoms with Crippen molar-refractivity contribution < 1.29 is 45.3 Å². The molecule has 20 heteroatoms. The minimum Gasteiger partial charge on any atom is -0.385 e. The normalized spacial score (nSPS) is 20.3. The number of ether oxygens (including phenoxy) is 4. The van der Waals surface area contributed by atoms with Crippen LogP contribution in [0.15, 0.2) is 132 Å². The van der Waals surface area contributed by atoms with Gasteiger partial charge in [-0.2, -0.15) is 10.2 Å². The molecule has 72 heavy (non-hydrogen) atoms. The van der Waals surface area contributed by atoms with Crippen LogP contribution in [0.2, 0.25) is 0 Å². The number of nitrogens with zero attached hydrogens (tertiary/aromatic N) is 8. The van der Waals surface area contributed by atoms with E-state index >= 15 is 4.39 Å². The summed E-state index contributed by atoms with van der Waals surface area (Å²) in [5.74, 6) is -1.28. The second-order valence-corrected chi connectivity index (χ2v) is 22.2. The van der Waals surface area contributed by atoms with Gasteiger partial charge in [-0.25, -0.2) is 39.1 Å². The van der Waals surface area contributed by atoms with E-state index in [1.165, 1.54) is 14.1 Å². The molecule has 2 saturated carbocycles. The van der Waals surface area contributed by atoms with Crippen molar-refractivity contribution in [2.45, 2.75) is 98.9 Å². The maximum Gasteiger partial charge on any atom is 0.269 e. The van der Waals surface area contributed by atoms with E-state index in [0.29, 0.717) is 104 Å². The summed E-state index contributed by atoms with van der Waals surface area (Å²) in [4.78, 5) is 9.38. The van der Waals surface area contributed by atoms with Crippen LogP contribution in [0.1, 0.15) is 77.3 Å². The van der Waals surface area contributed by atoms with Crippen molar-refractivity contribution in [3.8, 4) is 22.3 Å². The standard InChI is InChI=1S/C25H25FN4O4S.C25H26N4O5S.2CH4/c1-29-16-18(14-28-29)22-17-30(35(31,32)20-5-3-2-4-6-20)23-21(22)13-19(15-27-23)24(26)7-9-25(10-8-24)33-11-12-34-25;1-28-16-18(14-27-28)22-17-29(35(31,32)20-5-3-2-4-6-20)23-21(22)13-19(15-26-23)24(30)7-9-25(10-8-24)33-11-12-34-25;;/h2-6,13-17H,7-12H2,1H3;2-6,13-17,30H,7-12H2,1H3;2*1H4. The molecule has 1 N–H and O–H groups in total. The molecule has 0 radical (unpaired) electrons. The zero-order chi connectivity index (χ0) is 48.5. The molecule has 2 saturated heterocycles. The molecule has 2 aliphatic heterocycles. The van der Waals surface area contributed by atoms with Crippen LogP contribution >= 0.6 is 0 Å². The Hall–Kier alpha value is -6.13. The highest BCUT2D eigenvalue weighted by Crippen LogP contribution is 2.49. The Bertz CT molecular complexity index is 3220. The number of fused-ring (bicyclic) bond motifs is 2. The predicted octanol–water partition coefficient (Wildman–Crippen LogP) is 8.61.